The van der Waals surface area contributed by atoms with E-state index in [0.717, 1.165) is 6.61 Å². The Morgan fingerprint density at radius 1 is 1.42 bits per heavy atom. The van der Waals surface area contributed by atoms with Gasteiger partial charge in [0.25, 0.3) is 0 Å². The summed E-state index contributed by atoms with van der Waals surface area (Å²) in [5.41, 5.74) is 12.2. The van der Waals surface area contributed by atoms with E-state index < -0.39 is 5.97 Å². The van der Waals surface area contributed by atoms with Gasteiger partial charge in [-0.3, -0.25) is 0 Å². The molecular formula is C14H22N2O3. The molecule has 0 amide bonds. The number of methoxy groups -OCH3 is 1. The number of ether oxygens (including phenoxy) is 2. The Hall–Kier alpha value is -1.75. The Labute approximate surface area is 113 Å². The zero-order valence-corrected chi connectivity index (χ0v) is 11.5. The molecule has 0 saturated carbocycles. The lowest BCUT2D eigenvalue weighted by atomic mass is 10.2. The lowest BCUT2D eigenvalue weighted by molar-refractivity contribution is 0.0601. The normalized spacial score (nSPS) is 17.5. The van der Waals surface area contributed by atoms with Crippen LogP contribution in [0.4, 0.5) is 11.4 Å². The molecule has 0 bridgehead atoms. The molecule has 0 aliphatic carbocycles. The first-order chi connectivity index (χ1) is 9.08. The zero-order chi connectivity index (χ0) is 14.3. The minimum atomic E-state index is -0.415. The summed E-state index contributed by atoms with van der Waals surface area (Å²) in [6, 6.07) is 4.63. The Morgan fingerprint density at radius 3 is 2.58 bits per heavy atom. The lowest BCUT2D eigenvalue weighted by Crippen LogP contribution is -2.03. The van der Waals surface area contributed by atoms with Crippen LogP contribution in [0.2, 0.25) is 0 Å². The topological polar surface area (TPSA) is 87.6 Å². The molecule has 1 aliphatic rings. The molecule has 4 N–H and O–H groups in total. The molecule has 0 spiro atoms. The van der Waals surface area contributed by atoms with Gasteiger partial charge in [-0.05, 0) is 37.5 Å². The number of carbonyl (C=O) groups excluding carboxylic acids is 1. The number of hydrogen-bond acceptors (Lipinski definition) is 5. The van der Waals surface area contributed by atoms with E-state index in [9.17, 15) is 4.79 Å². The SMILES string of the molecule is CCC1CCCO1.COC(=O)c1ccc(N)c(N)c1. The summed E-state index contributed by atoms with van der Waals surface area (Å²) >= 11 is 0. The smallest absolute Gasteiger partial charge is 0.337 e. The monoisotopic (exact) mass is 266 g/mol. The highest BCUT2D eigenvalue weighted by Crippen LogP contribution is 2.16. The lowest BCUT2D eigenvalue weighted by Gasteiger charge is -2.02. The van der Waals surface area contributed by atoms with Gasteiger partial charge in [-0.25, -0.2) is 4.79 Å². The molecule has 5 nitrogen and oxygen atoms in total. The van der Waals surface area contributed by atoms with Crippen molar-refractivity contribution < 1.29 is 14.3 Å². The van der Waals surface area contributed by atoms with Crippen molar-refractivity contribution in [2.24, 2.45) is 0 Å². The summed E-state index contributed by atoms with van der Waals surface area (Å²) in [6.45, 7) is 3.18. The minimum Gasteiger partial charge on any atom is -0.465 e. The second-order valence-corrected chi connectivity index (χ2v) is 4.38. The van der Waals surface area contributed by atoms with Crippen LogP contribution >= 0.6 is 0 Å². The van der Waals surface area contributed by atoms with Crippen molar-refractivity contribution in [1.29, 1.82) is 0 Å². The van der Waals surface area contributed by atoms with Crippen molar-refractivity contribution in [3.8, 4) is 0 Å². The first-order valence-electron chi connectivity index (χ1n) is 6.43. The Kier molecular flexibility index (Phi) is 6.15. The maximum atomic E-state index is 11.0. The molecule has 0 radical (unpaired) electrons. The van der Waals surface area contributed by atoms with Crippen LogP contribution in [-0.4, -0.2) is 25.8 Å². The van der Waals surface area contributed by atoms with E-state index in [-0.39, 0.29) is 0 Å². The van der Waals surface area contributed by atoms with E-state index >= 15 is 0 Å². The molecule has 1 unspecified atom stereocenters. The van der Waals surface area contributed by atoms with Crippen LogP contribution < -0.4 is 11.5 Å². The Balaban J connectivity index is 0.000000218. The van der Waals surface area contributed by atoms with E-state index in [1.54, 1.807) is 12.1 Å². The maximum Gasteiger partial charge on any atom is 0.337 e. The van der Waals surface area contributed by atoms with Crippen molar-refractivity contribution in [3.63, 3.8) is 0 Å². The van der Waals surface area contributed by atoms with Crippen molar-refractivity contribution in [1.82, 2.24) is 0 Å². The summed E-state index contributed by atoms with van der Waals surface area (Å²) in [5, 5.41) is 0. The number of benzene rings is 1. The van der Waals surface area contributed by atoms with Gasteiger partial charge >= 0.3 is 5.97 Å². The van der Waals surface area contributed by atoms with Gasteiger partial charge in [0, 0.05) is 6.61 Å². The van der Waals surface area contributed by atoms with Crippen LogP contribution in [0, 0.1) is 0 Å². The van der Waals surface area contributed by atoms with Gasteiger partial charge in [-0.2, -0.15) is 0 Å². The van der Waals surface area contributed by atoms with E-state index in [2.05, 4.69) is 11.7 Å². The zero-order valence-electron chi connectivity index (χ0n) is 11.5. The molecule has 1 aromatic rings. The van der Waals surface area contributed by atoms with Gasteiger partial charge in [0.1, 0.15) is 0 Å². The maximum absolute atomic E-state index is 11.0. The molecule has 106 valence electrons. The van der Waals surface area contributed by atoms with E-state index in [4.69, 9.17) is 16.2 Å². The fraction of sp³-hybridized carbons (Fsp3) is 0.500. The molecule has 5 heteroatoms. The predicted octanol–water partition coefficient (Wildman–Crippen LogP) is 2.21. The second kappa shape index (κ2) is 7.63. The van der Waals surface area contributed by atoms with Gasteiger partial charge in [0.2, 0.25) is 0 Å². The molecule has 0 aromatic heterocycles. The first-order valence-corrected chi connectivity index (χ1v) is 6.43. The van der Waals surface area contributed by atoms with Crippen LogP contribution in [0.15, 0.2) is 18.2 Å². The van der Waals surface area contributed by atoms with Gasteiger partial charge in [-0.1, -0.05) is 6.92 Å². The molecule has 1 saturated heterocycles. The Morgan fingerprint density at radius 2 is 2.16 bits per heavy atom. The summed E-state index contributed by atoms with van der Waals surface area (Å²) in [6.07, 6.45) is 4.36. The van der Waals surface area contributed by atoms with Crippen LogP contribution in [0.25, 0.3) is 0 Å². The molecule has 1 atom stereocenters. The largest absolute Gasteiger partial charge is 0.465 e. The van der Waals surface area contributed by atoms with Gasteiger partial charge < -0.3 is 20.9 Å². The van der Waals surface area contributed by atoms with E-state index in [1.165, 1.54) is 32.4 Å². The third kappa shape index (κ3) is 4.79. The molecule has 19 heavy (non-hydrogen) atoms. The minimum absolute atomic E-state index is 0.387. The molecule has 1 aromatic carbocycles. The molecule has 1 heterocycles. The molecule has 1 fully saturated rings. The predicted molar refractivity (Wildman–Crippen MR) is 75.9 cm³/mol. The standard InChI is InChI=1S/C8H10N2O2.C6H12O/c1-12-8(11)5-2-3-6(9)7(10)4-5;1-2-6-4-3-5-7-6/h2-4H,9-10H2,1H3;6H,2-5H2,1H3. The summed E-state index contributed by atoms with van der Waals surface area (Å²) in [7, 11) is 1.31. The summed E-state index contributed by atoms with van der Waals surface area (Å²) < 4.78 is 9.80. The highest BCUT2D eigenvalue weighted by atomic mass is 16.5. The second-order valence-electron chi connectivity index (χ2n) is 4.38. The number of hydrogen-bond donors (Lipinski definition) is 2. The van der Waals surface area contributed by atoms with Crippen molar-refractivity contribution in [3.05, 3.63) is 23.8 Å². The number of nitrogens with two attached hydrogens (primary N) is 2. The van der Waals surface area contributed by atoms with Crippen molar-refractivity contribution in [2.75, 3.05) is 25.2 Å². The Bertz CT molecular complexity index is 415. The van der Waals surface area contributed by atoms with Crippen LogP contribution in [0.5, 0.6) is 0 Å². The van der Waals surface area contributed by atoms with Crippen LogP contribution in [-0.2, 0) is 9.47 Å². The number of nitrogen functional groups attached to an aromatic ring is 2. The van der Waals surface area contributed by atoms with E-state index in [0.29, 0.717) is 23.0 Å². The number of anilines is 2. The van der Waals surface area contributed by atoms with Gasteiger partial charge in [-0.15, -0.1) is 0 Å². The third-order valence-electron chi connectivity index (χ3n) is 2.99. The average Bonchev–Trinajstić information content (AvgIpc) is 2.95. The quantitative estimate of drug-likeness (QED) is 0.633. The number of rotatable bonds is 2. The van der Waals surface area contributed by atoms with Crippen molar-refractivity contribution in [2.45, 2.75) is 32.3 Å². The first kappa shape index (κ1) is 15.3. The van der Waals surface area contributed by atoms with Gasteiger partial charge in [0.15, 0.2) is 0 Å². The molecule has 2 rings (SSSR count). The molecular weight excluding hydrogens is 244 g/mol. The van der Waals surface area contributed by atoms with Crippen LogP contribution in [0.3, 0.4) is 0 Å². The third-order valence-corrected chi connectivity index (χ3v) is 2.99. The summed E-state index contributed by atoms with van der Waals surface area (Å²) in [4.78, 5) is 11.0. The fourth-order valence-corrected chi connectivity index (χ4v) is 1.79. The fourth-order valence-electron chi connectivity index (χ4n) is 1.79. The number of esters is 1. The molecule has 1 aliphatic heterocycles. The highest BCUT2D eigenvalue weighted by Gasteiger charge is 2.11. The average molecular weight is 266 g/mol. The van der Waals surface area contributed by atoms with Crippen LogP contribution in [0.1, 0.15) is 36.5 Å². The summed E-state index contributed by atoms with van der Waals surface area (Å²) in [5.74, 6) is -0.415. The highest BCUT2D eigenvalue weighted by molar-refractivity contribution is 5.91. The van der Waals surface area contributed by atoms with Crippen molar-refractivity contribution >= 4 is 17.3 Å². The van der Waals surface area contributed by atoms with Gasteiger partial charge in [0.05, 0.1) is 30.2 Å². The number of carbonyl (C=O) groups is 1. The van der Waals surface area contributed by atoms with E-state index in [1.807, 2.05) is 0 Å².